The Morgan fingerprint density at radius 1 is 0.322 bits per heavy atom. The Kier molecular flexibility index (Phi) is 36.2. The first kappa shape index (κ1) is 108. The number of nitrogens with zero attached hydrogens (tertiary/aromatic N) is 29. The summed E-state index contributed by atoms with van der Waals surface area (Å²) in [4.78, 5) is 243. The van der Waals surface area contributed by atoms with Gasteiger partial charge in [-0.25, -0.2) is 69.8 Å². The highest BCUT2D eigenvalue weighted by molar-refractivity contribution is 6.20. The molecule has 0 spiro atoms. The first-order valence-corrected chi connectivity index (χ1v) is 50.5. The minimum absolute atomic E-state index is 0.0504. The molecule has 45 nitrogen and oxygen atoms in total. The van der Waals surface area contributed by atoms with Crippen molar-refractivity contribution >= 4 is 154 Å². The fourth-order valence-corrected chi connectivity index (χ4v) is 18.8. The molecule has 6 amide bonds. The summed E-state index contributed by atoms with van der Waals surface area (Å²) >= 11 is 0. The van der Waals surface area contributed by atoms with Gasteiger partial charge in [0, 0.05) is 216 Å². The van der Waals surface area contributed by atoms with E-state index in [1.807, 2.05) is 30.6 Å². The van der Waals surface area contributed by atoms with E-state index in [-0.39, 0.29) is 121 Å². The number of allylic oxidation sites excluding steroid dienone is 6. The first-order chi connectivity index (χ1) is 71.6. The molecule has 20 rings (SSSR count). The minimum Gasteiger partial charge on any atom is -0.460 e. The Morgan fingerprint density at radius 3 is 0.872 bits per heavy atom. The fraction of sp³-hybridized carbons (Fsp3) is 0.490. The number of piperidine rings is 2. The van der Waals surface area contributed by atoms with Crippen molar-refractivity contribution in [2.45, 2.75) is 129 Å². The quantitative estimate of drug-likeness (QED) is 0.0614. The van der Waals surface area contributed by atoms with Crippen molar-refractivity contribution in [3.63, 3.8) is 0 Å². The molecule has 20 heterocycles. The summed E-state index contributed by atoms with van der Waals surface area (Å²) in [5, 5.41) is 0. The number of hydrogen-bond donors (Lipinski definition) is 0. The maximum absolute atomic E-state index is 12.0. The molecule has 45 heteroatoms. The molecule has 0 saturated carbocycles. The number of anilines is 7. The van der Waals surface area contributed by atoms with Crippen LogP contribution in [-0.4, -0.2) is 390 Å². The molecular weight excluding hydrogens is 1910 g/mol. The highest BCUT2D eigenvalue weighted by Crippen LogP contribution is 2.33. The summed E-state index contributed by atoms with van der Waals surface area (Å²) in [5.74, 6) is 3.25. The number of ether oxygens (including phenoxy) is 3. The monoisotopic (exact) mass is 2040 g/mol. The van der Waals surface area contributed by atoms with Crippen LogP contribution in [0.15, 0.2) is 126 Å². The number of esters is 1. The minimum atomic E-state index is -0.480. The molecule has 0 aromatic carbocycles. The Balaban J connectivity index is 0.000000134. The van der Waals surface area contributed by atoms with E-state index in [1.165, 1.54) is 55.1 Å². The van der Waals surface area contributed by atoms with Gasteiger partial charge in [0.05, 0.1) is 140 Å². The van der Waals surface area contributed by atoms with Crippen LogP contribution in [0.5, 0.6) is 0 Å². The molecule has 786 valence electrons. The van der Waals surface area contributed by atoms with Gasteiger partial charge in [0.15, 0.2) is 34.7 Å². The largest absolute Gasteiger partial charge is 0.460 e. The fourth-order valence-electron chi connectivity index (χ4n) is 18.8. The van der Waals surface area contributed by atoms with Crippen molar-refractivity contribution in [3.8, 4) is 0 Å². The van der Waals surface area contributed by atoms with E-state index >= 15 is 0 Å². The van der Waals surface area contributed by atoms with Gasteiger partial charge in [-0.15, -0.1) is 0 Å². The molecule has 13 fully saturated rings. The van der Waals surface area contributed by atoms with Gasteiger partial charge in [-0.3, -0.25) is 67.2 Å². The van der Waals surface area contributed by atoms with Crippen molar-refractivity contribution in [2.75, 3.05) is 228 Å². The molecule has 0 aliphatic carbocycles. The molecule has 7 aromatic rings. The Morgan fingerprint density at radius 2 is 0.577 bits per heavy atom. The maximum Gasteiger partial charge on any atom is 0.306 e. The third kappa shape index (κ3) is 28.6. The van der Waals surface area contributed by atoms with E-state index in [2.05, 4.69) is 118 Å². The number of piperazine rings is 2. The number of amides is 6. The molecule has 13 aliphatic heterocycles. The van der Waals surface area contributed by atoms with Crippen LogP contribution in [-0.2, 0) is 76.5 Å². The Labute approximate surface area is 864 Å². The van der Waals surface area contributed by atoms with Crippen LogP contribution in [0.25, 0.3) is 36.5 Å². The van der Waals surface area contributed by atoms with Crippen molar-refractivity contribution in [1.29, 1.82) is 0 Å². The van der Waals surface area contributed by atoms with Crippen LogP contribution in [0.1, 0.15) is 152 Å². The van der Waals surface area contributed by atoms with Gasteiger partial charge in [-0.1, -0.05) is 19.8 Å². The average Bonchev–Trinajstić information content (AvgIpc) is 1.72. The highest BCUT2D eigenvalue weighted by Gasteiger charge is 2.39. The highest BCUT2D eigenvalue weighted by atomic mass is 16.6. The number of carbonyl (C=O) groups excluding carboxylic acids is 13. The number of likely N-dealkylation sites (N-methyl/N-ethyl adjacent to an activating group) is 7. The van der Waals surface area contributed by atoms with Crippen molar-refractivity contribution < 1.29 is 76.5 Å². The van der Waals surface area contributed by atoms with Gasteiger partial charge in [0.25, 0.3) is 0 Å². The number of aromatic nitrogens is 14. The molecule has 0 bridgehead atoms. The summed E-state index contributed by atoms with van der Waals surface area (Å²) in [6, 6.07) is 12.8. The Hall–Kier alpha value is -15.3. The lowest BCUT2D eigenvalue weighted by Crippen LogP contribution is -2.49. The smallest absolute Gasteiger partial charge is 0.306 e. The molecule has 0 N–H and O–H groups in total. The number of ketones is 6. The van der Waals surface area contributed by atoms with Crippen LogP contribution < -0.4 is 34.3 Å². The molecule has 1 atom stereocenters. The standard InChI is InChI=1S/C20H26N4O4.C19H25N5O3.C18H19N7O2.C18H24N4O2.C15H19N5O2.C14H16N4O3/c1-20(2,3)28-18(27)9-13-6-8-24(12-13)19-21-7-5-14(22-19)10-15-16(25)11-17(26)23(15)4;1-22-16(17(25)13-18(22)26)12-14-2-5-20-19(21-14)24-6-3-15(4-7-24)23-8-10-27-11-9-23;1-23-14(15(26)12-16(23)27)11-13-3-6-21-18(22-13)25-9-7-24(8-10-25)17-19-4-2-5-20-17;1-3-4-13-6-9-22(10-7-13)18-19-8-5-14(20-18)11-15-16(23)12-17(24)21(15)2;1-18-5-7-20(8-6-18)15-16-4-3-11(17-15)9-12-13(21)10-14(22)19(12)2;1-17-11(12(19)9-13(17)20)8-10-2-3-15-14(16-10)18-4-6-21-7-5-18/h5,7,10,13H,6,8-9,11-12H2,1-4H3;2,5,12,15H,3-4,6-11,13H2,1H3;2-6,11H,7-10,12H2,1H3;5,8,11,13H,3-4,6-7,9-10,12H2,1-2H3;3-4,9H,5-8,10H2,1-2H3;2-3,8H,4-7,9H2,1H3/b15-10-;16-12-;14-11-;15-11-;12-9-;11-8-. The predicted molar refractivity (Wildman–Crippen MR) is 552 cm³/mol. The average molecular weight is 2040 g/mol. The third-order valence-electron chi connectivity index (χ3n) is 27.5. The molecule has 149 heavy (non-hydrogen) atoms. The number of Topliss-reactive ketones (excluding diaryl/α,β-unsaturated/α-hetero) is 6. The van der Waals surface area contributed by atoms with E-state index < -0.39 is 5.60 Å². The van der Waals surface area contributed by atoms with Crippen molar-refractivity contribution in [3.05, 3.63) is 160 Å². The summed E-state index contributed by atoms with van der Waals surface area (Å²) < 4.78 is 16.1. The van der Waals surface area contributed by atoms with Crippen LogP contribution >= 0.6 is 0 Å². The zero-order valence-electron chi connectivity index (χ0n) is 86.3. The number of carbonyl (C=O) groups is 13. The van der Waals surface area contributed by atoms with Gasteiger partial charge in [0.2, 0.25) is 77.1 Å². The van der Waals surface area contributed by atoms with Crippen LogP contribution in [0, 0.1) is 11.8 Å². The number of hydrogen-bond acceptors (Lipinski definition) is 39. The van der Waals surface area contributed by atoms with E-state index in [1.54, 1.807) is 171 Å². The Bertz CT molecular complexity index is 6310. The van der Waals surface area contributed by atoms with Crippen LogP contribution in [0.4, 0.5) is 41.6 Å². The van der Waals surface area contributed by atoms with Gasteiger partial charge in [-0.2, -0.15) is 0 Å². The zero-order valence-corrected chi connectivity index (χ0v) is 86.3. The molecule has 1 unspecified atom stereocenters. The SMILES string of the molecule is CCCC1CCN(c2nccc(/C=C3/C(=O)CC(=O)N3C)n2)CC1.CN1C(=O)CC(=O)/C1=C/c1ccnc(N2CCC(CC(=O)OC(C)(C)C)C2)n1.CN1C(=O)CC(=O)/C1=C/c1ccnc(N2CCC(N3CCOCC3)CC2)n1.CN1C(=O)CC(=O)/C1=C/c1ccnc(N2CCN(c3ncccn3)CC2)n1.CN1C(=O)CC(=O)/C1=C/c1ccnc(N2CCOCC2)n1.CN1CCN(c2nccc(/C=C3/C(=O)CC(=O)N3C)n2)CC1. The lowest BCUT2D eigenvalue weighted by atomic mass is 9.93. The summed E-state index contributed by atoms with van der Waals surface area (Å²) in [6.45, 7) is 26.3. The normalized spacial score (nSPS) is 21.7. The van der Waals surface area contributed by atoms with Crippen LogP contribution in [0.2, 0.25) is 0 Å². The molecule has 13 aliphatic rings. The zero-order chi connectivity index (χ0) is 106. The number of rotatable bonds is 18. The number of likely N-dealkylation sites (tertiary alicyclic amines) is 6. The molecular formula is C104H129N29O16. The van der Waals surface area contributed by atoms with Gasteiger partial charge < -0.3 is 82.8 Å². The second kappa shape index (κ2) is 50.0. The maximum atomic E-state index is 12.0. The topological polar surface area (TPSA) is 479 Å². The van der Waals surface area contributed by atoms with Crippen molar-refractivity contribution in [2.24, 2.45) is 11.8 Å². The predicted octanol–water partition coefficient (Wildman–Crippen LogP) is 5.07. The molecule has 7 aromatic heterocycles. The van der Waals surface area contributed by atoms with Gasteiger partial charge in [0.1, 0.15) is 5.60 Å². The van der Waals surface area contributed by atoms with E-state index in [0.717, 1.165) is 156 Å². The third-order valence-corrected chi connectivity index (χ3v) is 27.5. The van der Waals surface area contributed by atoms with E-state index in [9.17, 15) is 62.3 Å². The van der Waals surface area contributed by atoms with Gasteiger partial charge >= 0.3 is 5.97 Å². The van der Waals surface area contributed by atoms with Crippen molar-refractivity contribution in [1.82, 2.24) is 109 Å². The second-order valence-electron chi connectivity index (χ2n) is 39.1. The van der Waals surface area contributed by atoms with Crippen LogP contribution in [0.3, 0.4) is 0 Å². The molecule has 13 saturated heterocycles. The van der Waals surface area contributed by atoms with E-state index in [4.69, 9.17) is 14.2 Å². The van der Waals surface area contributed by atoms with E-state index in [0.29, 0.717) is 136 Å². The summed E-state index contributed by atoms with van der Waals surface area (Å²) in [7, 11) is 11.7. The first-order valence-electron chi connectivity index (χ1n) is 50.5. The number of morpholine rings is 2. The lowest BCUT2D eigenvalue weighted by molar-refractivity contribution is -0.156. The second-order valence-corrected chi connectivity index (χ2v) is 39.1. The van der Waals surface area contributed by atoms with Gasteiger partial charge in [-0.05, 0) is 151 Å². The summed E-state index contributed by atoms with van der Waals surface area (Å²) in [6.07, 6.45) is 31.4. The lowest BCUT2D eigenvalue weighted by Gasteiger charge is -2.40. The molecule has 0 radical (unpaired) electrons. The summed E-state index contributed by atoms with van der Waals surface area (Å²) in [5.41, 5.74) is 5.60.